The van der Waals surface area contributed by atoms with Crippen LogP contribution in [0.3, 0.4) is 0 Å². The summed E-state index contributed by atoms with van der Waals surface area (Å²) in [7, 11) is 0. The van der Waals surface area contributed by atoms with Gasteiger partial charge in [-0.2, -0.15) is 0 Å². The van der Waals surface area contributed by atoms with Gasteiger partial charge in [0.2, 0.25) is 0 Å². The quantitative estimate of drug-likeness (QED) is 0.841. The summed E-state index contributed by atoms with van der Waals surface area (Å²) in [4.78, 5) is 12.3. The second kappa shape index (κ2) is 6.46. The van der Waals surface area contributed by atoms with Crippen molar-refractivity contribution in [2.75, 3.05) is 6.54 Å². The summed E-state index contributed by atoms with van der Waals surface area (Å²) in [6, 6.07) is 3.19. The fraction of sp³-hybridized carbons (Fsp3) is 0.500. The molecule has 1 aromatic rings. The maximum Gasteiger partial charge on any atom is 0.251 e. The van der Waals surface area contributed by atoms with Gasteiger partial charge in [0.05, 0.1) is 0 Å². The molecule has 1 aliphatic carbocycles. The minimum atomic E-state index is -0.995. The first-order valence-corrected chi connectivity index (χ1v) is 7.35. The average molecular weight is 332 g/mol. The summed E-state index contributed by atoms with van der Waals surface area (Å²) >= 11 is 3.59. The molecule has 2 rings (SSSR count). The molecule has 1 aliphatic rings. The lowest BCUT2D eigenvalue weighted by molar-refractivity contribution is 0.0943. The van der Waals surface area contributed by atoms with Crippen molar-refractivity contribution in [3.05, 3.63) is 35.4 Å². The predicted octanol–water partition coefficient (Wildman–Crippen LogP) is 3.65. The topological polar surface area (TPSA) is 29.1 Å². The number of hydrogen-bond acceptors (Lipinski definition) is 1. The highest BCUT2D eigenvalue weighted by molar-refractivity contribution is 9.09. The van der Waals surface area contributed by atoms with Crippen LogP contribution in [0.4, 0.5) is 8.78 Å². The molecule has 2 unspecified atom stereocenters. The number of amides is 1. The molecule has 1 fully saturated rings. The lowest BCUT2D eigenvalue weighted by Crippen LogP contribution is -2.32. The van der Waals surface area contributed by atoms with Gasteiger partial charge in [-0.3, -0.25) is 4.79 Å². The average Bonchev–Trinajstić information content (AvgIpc) is 2.39. The Kier molecular flexibility index (Phi) is 4.91. The smallest absolute Gasteiger partial charge is 0.251 e. The minimum Gasteiger partial charge on any atom is -0.352 e. The van der Waals surface area contributed by atoms with Crippen molar-refractivity contribution in [2.24, 2.45) is 5.92 Å². The highest BCUT2D eigenvalue weighted by Crippen LogP contribution is 2.28. The van der Waals surface area contributed by atoms with Crippen molar-refractivity contribution in [3.8, 4) is 0 Å². The summed E-state index contributed by atoms with van der Waals surface area (Å²) in [6.45, 7) is 0.583. The van der Waals surface area contributed by atoms with E-state index in [9.17, 15) is 13.6 Å². The molecule has 0 saturated heterocycles. The normalized spacial score (nSPS) is 23.1. The zero-order valence-electron chi connectivity index (χ0n) is 10.5. The maximum atomic E-state index is 13.0. The number of alkyl halides is 1. The molecule has 0 aromatic heterocycles. The van der Waals surface area contributed by atoms with Gasteiger partial charge in [-0.15, -0.1) is 0 Å². The van der Waals surface area contributed by atoms with Crippen molar-refractivity contribution >= 4 is 21.8 Å². The molecule has 2 nitrogen and oxygen atoms in total. The molecule has 0 bridgehead atoms. The first kappa shape index (κ1) is 14.4. The third-order valence-electron chi connectivity index (χ3n) is 3.45. The third kappa shape index (κ3) is 4.00. The van der Waals surface area contributed by atoms with E-state index in [0.717, 1.165) is 31.4 Å². The lowest BCUT2D eigenvalue weighted by Gasteiger charge is -2.25. The number of nitrogens with one attached hydrogen (secondary N) is 1. The SMILES string of the molecule is O=C(NCC1CCCC(Br)C1)c1ccc(F)c(F)c1. The molecule has 1 saturated carbocycles. The van der Waals surface area contributed by atoms with Crippen LogP contribution in [0.1, 0.15) is 36.0 Å². The summed E-state index contributed by atoms with van der Waals surface area (Å²) in [5, 5.41) is 2.79. The molecule has 2 atom stereocenters. The molecule has 1 aromatic carbocycles. The van der Waals surface area contributed by atoms with Gasteiger partial charge in [-0.05, 0) is 43.4 Å². The maximum absolute atomic E-state index is 13.0. The number of carbonyl (C=O) groups is 1. The first-order valence-electron chi connectivity index (χ1n) is 6.43. The van der Waals surface area contributed by atoms with Gasteiger partial charge in [0, 0.05) is 16.9 Å². The molecule has 19 heavy (non-hydrogen) atoms. The third-order valence-corrected chi connectivity index (χ3v) is 4.28. The van der Waals surface area contributed by atoms with E-state index < -0.39 is 11.6 Å². The summed E-state index contributed by atoms with van der Waals surface area (Å²) in [6.07, 6.45) is 4.47. The highest BCUT2D eigenvalue weighted by atomic mass is 79.9. The Bertz CT molecular complexity index is 467. The van der Waals surface area contributed by atoms with Crippen molar-refractivity contribution in [1.29, 1.82) is 0 Å². The number of rotatable bonds is 3. The van der Waals surface area contributed by atoms with Gasteiger partial charge in [0.25, 0.3) is 5.91 Å². The number of benzene rings is 1. The number of halogens is 3. The van der Waals surface area contributed by atoms with E-state index in [1.165, 1.54) is 12.5 Å². The first-order chi connectivity index (χ1) is 9.06. The van der Waals surface area contributed by atoms with Crippen LogP contribution in [-0.2, 0) is 0 Å². The van der Waals surface area contributed by atoms with Crippen LogP contribution < -0.4 is 5.32 Å². The Morgan fingerprint density at radius 2 is 2.11 bits per heavy atom. The van der Waals surface area contributed by atoms with Crippen LogP contribution in [-0.4, -0.2) is 17.3 Å². The van der Waals surface area contributed by atoms with Crippen molar-refractivity contribution in [3.63, 3.8) is 0 Å². The Morgan fingerprint density at radius 3 is 2.79 bits per heavy atom. The number of hydrogen-bond donors (Lipinski definition) is 1. The van der Waals surface area contributed by atoms with Gasteiger partial charge in [0.1, 0.15) is 0 Å². The highest BCUT2D eigenvalue weighted by Gasteiger charge is 2.20. The fourth-order valence-electron chi connectivity index (χ4n) is 2.39. The Morgan fingerprint density at radius 1 is 1.32 bits per heavy atom. The summed E-state index contributed by atoms with van der Waals surface area (Å²) < 4.78 is 25.8. The van der Waals surface area contributed by atoms with Gasteiger partial charge < -0.3 is 5.32 Å². The summed E-state index contributed by atoms with van der Waals surface area (Å²) in [5.74, 6) is -1.83. The standard InChI is InChI=1S/C14H16BrF2NO/c15-11-3-1-2-9(6-11)8-18-14(19)10-4-5-12(16)13(17)7-10/h4-5,7,9,11H,1-3,6,8H2,(H,18,19). The van der Waals surface area contributed by atoms with E-state index in [2.05, 4.69) is 21.2 Å². The van der Waals surface area contributed by atoms with Gasteiger partial charge in [-0.25, -0.2) is 8.78 Å². The van der Waals surface area contributed by atoms with Crippen LogP contribution >= 0.6 is 15.9 Å². The van der Waals surface area contributed by atoms with E-state index in [-0.39, 0.29) is 11.5 Å². The molecule has 5 heteroatoms. The zero-order valence-corrected chi connectivity index (χ0v) is 12.1. The van der Waals surface area contributed by atoms with Crippen LogP contribution in [0, 0.1) is 17.6 Å². The number of carbonyl (C=O) groups excluding carboxylic acids is 1. The van der Waals surface area contributed by atoms with Crippen molar-refractivity contribution < 1.29 is 13.6 Å². The van der Waals surface area contributed by atoms with Crippen molar-refractivity contribution in [2.45, 2.75) is 30.5 Å². The van der Waals surface area contributed by atoms with Crippen LogP contribution in [0.25, 0.3) is 0 Å². The second-order valence-corrected chi connectivity index (χ2v) is 6.26. The molecule has 0 radical (unpaired) electrons. The van der Waals surface area contributed by atoms with E-state index in [4.69, 9.17) is 0 Å². The van der Waals surface area contributed by atoms with Crippen LogP contribution in [0.15, 0.2) is 18.2 Å². The van der Waals surface area contributed by atoms with Crippen LogP contribution in [0.5, 0.6) is 0 Å². The van der Waals surface area contributed by atoms with Gasteiger partial charge in [0.15, 0.2) is 11.6 Å². The largest absolute Gasteiger partial charge is 0.352 e. The van der Waals surface area contributed by atoms with Crippen LogP contribution in [0.2, 0.25) is 0 Å². The Hall–Kier alpha value is -0.970. The molecule has 1 amide bonds. The second-order valence-electron chi connectivity index (χ2n) is 4.97. The lowest BCUT2D eigenvalue weighted by atomic mass is 9.89. The monoisotopic (exact) mass is 331 g/mol. The predicted molar refractivity (Wildman–Crippen MR) is 73.4 cm³/mol. The molecule has 0 heterocycles. The fourth-order valence-corrected chi connectivity index (χ4v) is 3.24. The molecule has 1 N–H and O–H groups in total. The molecule has 0 aliphatic heterocycles. The molecule has 0 spiro atoms. The van der Waals surface area contributed by atoms with Gasteiger partial charge >= 0.3 is 0 Å². The summed E-state index contributed by atoms with van der Waals surface area (Å²) in [5.41, 5.74) is 0.158. The Labute approximate surface area is 119 Å². The molecule has 104 valence electrons. The molecular weight excluding hydrogens is 316 g/mol. The zero-order chi connectivity index (χ0) is 13.8. The Balaban J connectivity index is 1.88. The molecular formula is C14H16BrF2NO. The van der Waals surface area contributed by atoms with Crippen molar-refractivity contribution in [1.82, 2.24) is 5.32 Å². The van der Waals surface area contributed by atoms with Gasteiger partial charge in [-0.1, -0.05) is 22.4 Å². The van der Waals surface area contributed by atoms with E-state index in [1.807, 2.05) is 0 Å². The van der Waals surface area contributed by atoms with E-state index in [0.29, 0.717) is 17.3 Å². The van der Waals surface area contributed by atoms with E-state index in [1.54, 1.807) is 0 Å². The van der Waals surface area contributed by atoms with E-state index >= 15 is 0 Å². The minimum absolute atomic E-state index is 0.158.